The Labute approximate surface area is 134 Å². The molecule has 0 spiro atoms. The minimum Gasteiger partial charge on any atom is -0.480 e. The van der Waals surface area contributed by atoms with Crippen LogP contribution >= 0.6 is 0 Å². The van der Waals surface area contributed by atoms with Gasteiger partial charge in [-0.2, -0.15) is 4.72 Å². The van der Waals surface area contributed by atoms with Crippen LogP contribution in [0.3, 0.4) is 0 Å². The number of nitro groups is 1. The fraction of sp³-hybridized carbons (Fsp3) is 0.500. The number of nitrogens with one attached hydrogen (secondary N) is 1. The van der Waals surface area contributed by atoms with Crippen LogP contribution in [0, 0.1) is 29.9 Å². The molecule has 0 radical (unpaired) electrons. The van der Waals surface area contributed by atoms with E-state index in [1.807, 2.05) is 0 Å². The molecule has 0 amide bonds. The van der Waals surface area contributed by atoms with Crippen molar-refractivity contribution in [3.05, 3.63) is 33.4 Å². The summed E-state index contributed by atoms with van der Waals surface area (Å²) >= 11 is 0. The molecule has 0 aliphatic carbocycles. The molecule has 0 aliphatic heterocycles. The van der Waals surface area contributed by atoms with Gasteiger partial charge in [0.25, 0.3) is 5.69 Å². The van der Waals surface area contributed by atoms with Crippen molar-refractivity contribution in [1.29, 1.82) is 0 Å². The molecule has 0 aliphatic rings. The summed E-state index contributed by atoms with van der Waals surface area (Å²) in [6, 6.07) is 1.27. The van der Waals surface area contributed by atoms with Crippen LogP contribution < -0.4 is 4.72 Å². The SMILES string of the molecule is Cc1cc([N+](=O)[O-])c(C)c(S(=O)(=O)N[C@H](CC(C)C)C(=O)O)c1. The van der Waals surface area contributed by atoms with E-state index < -0.39 is 27.0 Å². The second-order valence-corrected chi connectivity index (χ2v) is 7.49. The van der Waals surface area contributed by atoms with E-state index in [1.54, 1.807) is 13.8 Å². The van der Waals surface area contributed by atoms with E-state index in [4.69, 9.17) is 5.11 Å². The zero-order valence-electron chi connectivity index (χ0n) is 13.4. The average Bonchev–Trinajstić information content (AvgIpc) is 2.38. The Kier molecular flexibility index (Phi) is 5.84. The molecular formula is C14H20N2O6S. The number of hydrogen-bond donors (Lipinski definition) is 2. The smallest absolute Gasteiger partial charge is 0.321 e. The molecule has 1 aromatic carbocycles. The summed E-state index contributed by atoms with van der Waals surface area (Å²) in [4.78, 5) is 21.3. The van der Waals surface area contributed by atoms with Gasteiger partial charge >= 0.3 is 5.97 Å². The number of benzene rings is 1. The number of nitro benzene ring substituents is 1. The quantitative estimate of drug-likeness (QED) is 0.575. The van der Waals surface area contributed by atoms with Gasteiger partial charge in [0, 0.05) is 11.6 Å². The number of nitrogens with zero attached hydrogens (tertiary/aromatic N) is 1. The summed E-state index contributed by atoms with van der Waals surface area (Å²) in [7, 11) is -4.19. The number of hydrogen-bond acceptors (Lipinski definition) is 5. The van der Waals surface area contributed by atoms with Crippen LogP contribution in [0.1, 0.15) is 31.4 Å². The van der Waals surface area contributed by atoms with Crippen molar-refractivity contribution in [2.24, 2.45) is 5.92 Å². The maximum absolute atomic E-state index is 12.5. The summed E-state index contributed by atoms with van der Waals surface area (Å²) in [6.45, 7) is 6.40. The van der Waals surface area contributed by atoms with Gasteiger partial charge in [0.05, 0.1) is 9.82 Å². The highest BCUT2D eigenvalue weighted by Crippen LogP contribution is 2.27. The first-order chi connectivity index (χ1) is 10.5. The highest BCUT2D eigenvalue weighted by Gasteiger charge is 2.29. The molecule has 0 unspecified atom stereocenters. The third-order valence-electron chi connectivity index (χ3n) is 3.27. The fourth-order valence-electron chi connectivity index (χ4n) is 2.20. The Balaban J connectivity index is 3.33. The van der Waals surface area contributed by atoms with Crippen LogP contribution in [0.4, 0.5) is 5.69 Å². The molecule has 1 rings (SSSR count). The summed E-state index contributed by atoms with van der Waals surface area (Å²) in [5.41, 5.74) is 0.0568. The van der Waals surface area contributed by atoms with E-state index in [0.29, 0.717) is 5.56 Å². The largest absolute Gasteiger partial charge is 0.480 e. The second kappa shape index (κ2) is 7.05. The van der Waals surface area contributed by atoms with Crippen LogP contribution in [0.15, 0.2) is 17.0 Å². The molecule has 9 heteroatoms. The molecule has 2 N–H and O–H groups in total. The minimum absolute atomic E-state index is 0.0261. The molecule has 0 bridgehead atoms. The molecule has 1 atom stereocenters. The van der Waals surface area contributed by atoms with Crippen LogP contribution in [0.25, 0.3) is 0 Å². The zero-order chi connectivity index (χ0) is 17.9. The Hall–Kier alpha value is -2.00. The predicted octanol–water partition coefficient (Wildman–Crippen LogP) is 1.99. The van der Waals surface area contributed by atoms with Gasteiger partial charge in [0.2, 0.25) is 10.0 Å². The molecule has 23 heavy (non-hydrogen) atoms. The van der Waals surface area contributed by atoms with Gasteiger partial charge in [-0.15, -0.1) is 0 Å². The van der Waals surface area contributed by atoms with Crippen molar-refractivity contribution in [3.8, 4) is 0 Å². The van der Waals surface area contributed by atoms with Crippen LogP contribution in [-0.4, -0.2) is 30.5 Å². The number of aryl methyl sites for hydroxylation is 1. The molecule has 0 fully saturated rings. The first-order valence-corrected chi connectivity index (χ1v) is 8.44. The van der Waals surface area contributed by atoms with Crippen molar-refractivity contribution in [2.75, 3.05) is 0 Å². The number of sulfonamides is 1. The highest BCUT2D eigenvalue weighted by atomic mass is 32.2. The van der Waals surface area contributed by atoms with Crippen molar-refractivity contribution in [1.82, 2.24) is 4.72 Å². The predicted molar refractivity (Wildman–Crippen MR) is 83.8 cm³/mol. The Morgan fingerprint density at radius 3 is 2.35 bits per heavy atom. The third-order valence-corrected chi connectivity index (χ3v) is 4.86. The van der Waals surface area contributed by atoms with Gasteiger partial charge in [0.1, 0.15) is 6.04 Å². The summed E-state index contributed by atoms with van der Waals surface area (Å²) in [5, 5.41) is 20.2. The maximum Gasteiger partial charge on any atom is 0.321 e. The molecule has 8 nitrogen and oxygen atoms in total. The standard InChI is InChI=1S/C14H20N2O6S/c1-8(2)5-11(14(17)18)15-23(21,22)13-7-9(3)6-12(10(13)4)16(19)20/h6-8,11,15H,5H2,1-4H3,(H,17,18)/t11-/m1/s1. The fourth-order valence-corrected chi connectivity index (χ4v) is 3.74. The topological polar surface area (TPSA) is 127 Å². The molecule has 0 heterocycles. The van der Waals surface area contributed by atoms with Gasteiger partial charge < -0.3 is 5.11 Å². The number of carboxylic acids is 1. The van der Waals surface area contributed by atoms with Gasteiger partial charge in [-0.05, 0) is 37.8 Å². The second-order valence-electron chi connectivity index (χ2n) is 5.81. The normalized spacial score (nSPS) is 13.1. The molecule has 128 valence electrons. The Morgan fingerprint density at radius 2 is 1.91 bits per heavy atom. The van der Waals surface area contributed by atoms with Gasteiger partial charge in [-0.25, -0.2) is 8.42 Å². The third kappa shape index (κ3) is 4.73. The van der Waals surface area contributed by atoms with Crippen molar-refractivity contribution in [2.45, 2.75) is 45.1 Å². The number of rotatable bonds is 7. The van der Waals surface area contributed by atoms with Crippen molar-refractivity contribution >= 4 is 21.7 Å². The molecular weight excluding hydrogens is 324 g/mol. The number of aliphatic carboxylic acids is 1. The molecule has 0 saturated heterocycles. The van der Waals surface area contributed by atoms with E-state index in [2.05, 4.69) is 4.72 Å². The lowest BCUT2D eigenvalue weighted by Crippen LogP contribution is -2.41. The summed E-state index contributed by atoms with van der Waals surface area (Å²) in [5.74, 6) is -1.33. The highest BCUT2D eigenvalue weighted by molar-refractivity contribution is 7.89. The average molecular weight is 344 g/mol. The number of carbonyl (C=O) groups is 1. The monoisotopic (exact) mass is 344 g/mol. The van der Waals surface area contributed by atoms with E-state index >= 15 is 0 Å². The first kappa shape index (κ1) is 19.0. The van der Waals surface area contributed by atoms with E-state index in [9.17, 15) is 23.3 Å². The van der Waals surface area contributed by atoms with E-state index in [0.717, 1.165) is 0 Å². The van der Waals surface area contributed by atoms with Crippen LogP contribution in [-0.2, 0) is 14.8 Å². The Bertz CT molecular complexity index is 727. The van der Waals surface area contributed by atoms with E-state index in [1.165, 1.54) is 26.0 Å². The lowest BCUT2D eigenvalue weighted by Gasteiger charge is -2.17. The summed E-state index contributed by atoms with van der Waals surface area (Å²) in [6.07, 6.45) is 0.113. The molecule has 1 aromatic rings. The van der Waals surface area contributed by atoms with Crippen LogP contribution in [0.5, 0.6) is 0 Å². The number of carboxylic acid groups (broad SMARTS) is 1. The Morgan fingerprint density at radius 1 is 1.35 bits per heavy atom. The van der Waals surface area contributed by atoms with E-state index in [-0.39, 0.29) is 28.5 Å². The first-order valence-electron chi connectivity index (χ1n) is 6.96. The van der Waals surface area contributed by atoms with Gasteiger partial charge in [-0.3, -0.25) is 14.9 Å². The minimum atomic E-state index is -4.19. The van der Waals surface area contributed by atoms with Crippen LogP contribution in [0.2, 0.25) is 0 Å². The molecule has 0 aromatic heterocycles. The summed E-state index contributed by atoms with van der Waals surface area (Å²) < 4.78 is 27.1. The van der Waals surface area contributed by atoms with Crippen molar-refractivity contribution < 1.29 is 23.2 Å². The van der Waals surface area contributed by atoms with Gasteiger partial charge in [-0.1, -0.05) is 13.8 Å². The molecule has 0 saturated carbocycles. The van der Waals surface area contributed by atoms with Gasteiger partial charge in [0.15, 0.2) is 0 Å². The van der Waals surface area contributed by atoms with Crippen molar-refractivity contribution in [3.63, 3.8) is 0 Å². The lowest BCUT2D eigenvalue weighted by atomic mass is 10.1. The maximum atomic E-state index is 12.5. The lowest BCUT2D eigenvalue weighted by molar-refractivity contribution is -0.385. The zero-order valence-corrected chi connectivity index (χ0v) is 14.2.